The van der Waals surface area contributed by atoms with Crippen LogP contribution in [0.15, 0.2) is 35.3 Å². The minimum absolute atomic E-state index is 0.00989. The summed E-state index contributed by atoms with van der Waals surface area (Å²) in [5.74, 6) is -5.53. The number of carboxylic acids is 3. The minimum Gasteiger partial charge on any atom is -0.481 e. The molecule has 2 heterocycles. The van der Waals surface area contributed by atoms with Crippen LogP contribution in [0.3, 0.4) is 0 Å². The monoisotopic (exact) mass is 585 g/mol. The van der Waals surface area contributed by atoms with E-state index in [9.17, 15) is 33.9 Å². The van der Waals surface area contributed by atoms with Gasteiger partial charge in [0, 0.05) is 56.5 Å². The summed E-state index contributed by atoms with van der Waals surface area (Å²) >= 11 is 0. The highest BCUT2D eigenvalue weighted by Crippen LogP contribution is 2.21. The minimum atomic E-state index is -1.44. The summed E-state index contributed by atoms with van der Waals surface area (Å²) in [6.45, 7) is 0.333. The predicted molar refractivity (Wildman–Crippen MR) is 149 cm³/mol. The van der Waals surface area contributed by atoms with Gasteiger partial charge in [-0.05, 0) is 37.1 Å². The molecule has 0 aliphatic carbocycles. The Bertz CT molecular complexity index is 1560. The van der Waals surface area contributed by atoms with Crippen LogP contribution >= 0.6 is 0 Å². The number of hydrogen-bond acceptors (Lipinski definition) is 9. The molecule has 8 N–H and O–H groups in total. The van der Waals surface area contributed by atoms with Gasteiger partial charge in [0.15, 0.2) is 0 Å². The molecule has 0 radical (unpaired) electrons. The fraction of sp³-hybridized carbons (Fsp3) is 0.346. The molecule has 0 fully saturated rings. The van der Waals surface area contributed by atoms with E-state index in [2.05, 4.69) is 20.6 Å². The quantitative estimate of drug-likeness (QED) is 0.131. The van der Waals surface area contributed by atoms with Crippen molar-refractivity contribution in [3.63, 3.8) is 0 Å². The van der Waals surface area contributed by atoms with Gasteiger partial charge in [0.05, 0.1) is 5.39 Å². The maximum Gasteiger partial charge on any atom is 0.326 e. The number of amides is 2. The van der Waals surface area contributed by atoms with Crippen LogP contribution in [-0.4, -0.2) is 78.7 Å². The number of hydrogen-bond donors (Lipinski definition) is 7. The van der Waals surface area contributed by atoms with E-state index in [4.69, 9.17) is 15.9 Å². The Labute approximate surface area is 238 Å². The van der Waals surface area contributed by atoms with Crippen molar-refractivity contribution in [3.8, 4) is 0 Å². The number of carbonyl (C=O) groups is 5. The van der Waals surface area contributed by atoms with Gasteiger partial charge in [-0.25, -0.2) is 9.59 Å². The first-order valence-electron chi connectivity index (χ1n) is 12.7. The molecule has 42 heavy (non-hydrogen) atoms. The van der Waals surface area contributed by atoms with Crippen molar-refractivity contribution in [2.24, 2.45) is 7.05 Å². The number of H-pyrrole nitrogens is 1. The second-order valence-electron chi connectivity index (χ2n) is 9.61. The van der Waals surface area contributed by atoms with Gasteiger partial charge in [-0.15, -0.1) is 0 Å². The molecular weight excluding hydrogens is 554 g/mol. The zero-order valence-corrected chi connectivity index (χ0v) is 22.8. The number of aryl methyl sites for hydroxylation is 1. The largest absolute Gasteiger partial charge is 0.481 e. The maximum absolute atomic E-state index is 12.7. The number of rotatable bonds is 14. The number of aromatic amines is 1. The van der Waals surface area contributed by atoms with E-state index in [-0.39, 0.29) is 29.9 Å². The highest BCUT2D eigenvalue weighted by molar-refractivity contribution is 5.97. The van der Waals surface area contributed by atoms with Crippen LogP contribution in [0.2, 0.25) is 0 Å². The number of aliphatic carboxylic acids is 3. The molecule has 3 rings (SSSR count). The second kappa shape index (κ2) is 13.3. The molecule has 0 saturated carbocycles. The third-order valence-corrected chi connectivity index (χ3v) is 6.44. The molecule has 2 amide bonds. The molecule has 0 unspecified atom stereocenters. The van der Waals surface area contributed by atoms with Crippen molar-refractivity contribution in [3.05, 3.63) is 51.9 Å². The van der Waals surface area contributed by atoms with Crippen molar-refractivity contribution in [2.75, 3.05) is 17.7 Å². The molecule has 2 atom stereocenters. The molecule has 16 heteroatoms. The van der Waals surface area contributed by atoms with Crippen molar-refractivity contribution < 1.29 is 39.3 Å². The first-order chi connectivity index (χ1) is 19.8. The third kappa shape index (κ3) is 7.83. The molecular formula is C26H31N7O9. The zero-order chi connectivity index (χ0) is 31.1. The average Bonchev–Trinajstić information content (AvgIpc) is 3.22. The van der Waals surface area contributed by atoms with Crippen LogP contribution in [0.4, 0.5) is 11.6 Å². The van der Waals surface area contributed by atoms with Crippen LogP contribution in [0.5, 0.6) is 0 Å². The lowest BCUT2D eigenvalue weighted by atomic mass is 10.1. The number of carbonyl (C=O) groups excluding carboxylic acids is 2. The number of carboxylic acid groups (broad SMARTS) is 3. The van der Waals surface area contributed by atoms with Crippen LogP contribution in [-0.2, 0) is 32.8 Å². The van der Waals surface area contributed by atoms with Crippen molar-refractivity contribution in [1.82, 2.24) is 25.2 Å². The molecule has 1 aromatic carbocycles. The normalized spacial score (nSPS) is 12.3. The number of nitrogens with two attached hydrogens (primary N) is 1. The summed E-state index contributed by atoms with van der Waals surface area (Å²) in [4.78, 5) is 79.5. The van der Waals surface area contributed by atoms with E-state index < -0.39 is 54.6 Å². The number of anilines is 2. The molecule has 3 aromatic rings. The van der Waals surface area contributed by atoms with Crippen molar-refractivity contribution in [2.45, 2.75) is 44.3 Å². The lowest BCUT2D eigenvalue weighted by molar-refractivity contribution is -0.143. The lowest BCUT2D eigenvalue weighted by Gasteiger charge is -2.19. The average molecular weight is 586 g/mol. The number of nitrogens with zero attached hydrogens (tertiary/aromatic N) is 3. The Hall–Kier alpha value is -5.41. The van der Waals surface area contributed by atoms with Crippen molar-refractivity contribution in [1.29, 1.82) is 0 Å². The molecule has 16 nitrogen and oxygen atoms in total. The Balaban J connectivity index is 1.61. The molecule has 0 aliphatic heterocycles. The van der Waals surface area contributed by atoms with E-state index in [1.165, 1.54) is 12.1 Å². The van der Waals surface area contributed by atoms with E-state index in [1.54, 1.807) is 37.0 Å². The first kappa shape index (κ1) is 31.1. The summed E-state index contributed by atoms with van der Waals surface area (Å²) in [5.41, 5.74) is 7.29. The fourth-order valence-electron chi connectivity index (χ4n) is 4.28. The SMILES string of the molecule is CN(Cc1cn(C)c2nc(N)[nH]c(=O)c12)c1ccc(C(=O)N[C@@H](CCC(=O)N[C@@H](CCC(=O)O)C(=O)O)C(=O)O)cc1. The Morgan fingerprint density at radius 3 is 2.19 bits per heavy atom. The van der Waals surface area contributed by atoms with Gasteiger partial charge in [0.1, 0.15) is 17.7 Å². The summed E-state index contributed by atoms with van der Waals surface area (Å²) in [6, 6.07) is 3.38. The Morgan fingerprint density at radius 2 is 1.60 bits per heavy atom. The van der Waals surface area contributed by atoms with Gasteiger partial charge in [-0.2, -0.15) is 4.98 Å². The molecule has 0 spiro atoms. The molecule has 0 bridgehead atoms. The first-order valence-corrected chi connectivity index (χ1v) is 12.7. The van der Waals surface area contributed by atoms with E-state index in [1.807, 2.05) is 4.90 Å². The number of fused-ring (bicyclic) bond motifs is 1. The summed E-state index contributed by atoms with van der Waals surface area (Å²) in [5, 5.41) is 32.3. The highest BCUT2D eigenvalue weighted by atomic mass is 16.4. The fourth-order valence-corrected chi connectivity index (χ4v) is 4.28. The van der Waals surface area contributed by atoms with Gasteiger partial charge < -0.3 is 41.2 Å². The number of nitrogens with one attached hydrogen (secondary N) is 3. The summed E-state index contributed by atoms with van der Waals surface area (Å²) < 4.78 is 1.70. The summed E-state index contributed by atoms with van der Waals surface area (Å²) in [7, 11) is 3.53. The zero-order valence-electron chi connectivity index (χ0n) is 22.8. The van der Waals surface area contributed by atoms with Crippen molar-refractivity contribution >= 4 is 52.4 Å². The van der Waals surface area contributed by atoms with Gasteiger partial charge in [-0.1, -0.05) is 0 Å². The number of nitrogen functional groups attached to an aromatic ring is 1. The molecule has 0 saturated heterocycles. The highest BCUT2D eigenvalue weighted by Gasteiger charge is 2.25. The van der Waals surface area contributed by atoms with Gasteiger partial charge >= 0.3 is 17.9 Å². The Kier molecular flexibility index (Phi) is 9.85. The standard InChI is InChI=1S/C26H31N7O9/c1-32(11-14-12-33(2)21-20(14)23(38)31-26(27)30-21)15-5-3-13(4-6-15)22(37)29-17(25(41)42)7-9-18(34)28-16(24(39)40)8-10-19(35)36/h3-6,12,16-17H,7-11H2,1-2H3,(H,28,34)(H,29,37)(H,35,36)(H,39,40)(H,41,42)(H3,27,30,31,38)/t16-,17-/m0/s1. The Morgan fingerprint density at radius 1 is 1.00 bits per heavy atom. The number of aromatic nitrogens is 3. The maximum atomic E-state index is 12.7. The van der Waals surface area contributed by atoms with E-state index in [0.29, 0.717) is 28.8 Å². The van der Waals surface area contributed by atoms with Crippen LogP contribution in [0.25, 0.3) is 11.0 Å². The lowest BCUT2D eigenvalue weighted by Crippen LogP contribution is -2.44. The topological polar surface area (TPSA) is 250 Å². The molecule has 2 aromatic heterocycles. The van der Waals surface area contributed by atoms with Crippen LogP contribution in [0, 0.1) is 0 Å². The van der Waals surface area contributed by atoms with Gasteiger partial charge in [0.2, 0.25) is 11.9 Å². The van der Waals surface area contributed by atoms with Crippen LogP contribution < -0.4 is 26.8 Å². The number of benzene rings is 1. The van der Waals surface area contributed by atoms with Gasteiger partial charge in [0.25, 0.3) is 11.5 Å². The predicted octanol–water partition coefficient (Wildman–Crippen LogP) is -0.122. The van der Waals surface area contributed by atoms with Crippen LogP contribution in [0.1, 0.15) is 41.6 Å². The third-order valence-electron chi connectivity index (χ3n) is 6.44. The smallest absolute Gasteiger partial charge is 0.326 e. The molecule has 0 aliphatic rings. The summed E-state index contributed by atoms with van der Waals surface area (Å²) in [6.07, 6.45) is 0.207. The second-order valence-corrected chi connectivity index (χ2v) is 9.61. The van der Waals surface area contributed by atoms with E-state index >= 15 is 0 Å². The van der Waals surface area contributed by atoms with E-state index in [0.717, 1.165) is 0 Å². The van der Waals surface area contributed by atoms with Gasteiger partial charge in [-0.3, -0.25) is 24.2 Å². The molecule has 224 valence electrons.